The van der Waals surface area contributed by atoms with Crippen LogP contribution in [0.15, 0.2) is 32.7 Å². The third-order valence-corrected chi connectivity index (χ3v) is 5.92. The summed E-state index contributed by atoms with van der Waals surface area (Å²) in [7, 11) is -2.25. The maximum atomic E-state index is 12.6. The third kappa shape index (κ3) is 2.38. The molecule has 7 nitrogen and oxygen atoms in total. The molecule has 0 amide bonds. The summed E-state index contributed by atoms with van der Waals surface area (Å²) in [6.07, 6.45) is 2.73. The molecule has 1 aliphatic rings. The monoisotopic (exact) mass is 323 g/mol. The van der Waals surface area contributed by atoms with Gasteiger partial charge in [-0.25, -0.2) is 13.2 Å². The molecule has 1 fully saturated rings. The largest absolute Gasteiger partial charge is 0.328 e. The Morgan fingerprint density at radius 1 is 1.09 bits per heavy atom. The molecular formula is C14H17N3O4S. The lowest BCUT2D eigenvalue weighted by atomic mass is 10.2. The van der Waals surface area contributed by atoms with Gasteiger partial charge in [-0.05, 0) is 31.0 Å². The van der Waals surface area contributed by atoms with E-state index in [1.165, 1.54) is 29.6 Å². The summed E-state index contributed by atoms with van der Waals surface area (Å²) >= 11 is 0. The van der Waals surface area contributed by atoms with Crippen LogP contribution in [0.25, 0.3) is 10.9 Å². The summed E-state index contributed by atoms with van der Waals surface area (Å²) < 4.78 is 27.7. The van der Waals surface area contributed by atoms with Gasteiger partial charge in [0, 0.05) is 20.1 Å². The number of piperidine rings is 1. The maximum Gasteiger partial charge on any atom is 0.328 e. The molecule has 8 heteroatoms. The SMILES string of the molecule is Cn1c(=O)[nH]c2ccc(S(=O)(=O)N3CCCCC3)cc2c1=O. The fraction of sp³-hybridized carbons (Fsp3) is 0.429. The highest BCUT2D eigenvalue weighted by molar-refractivity contribution is 7.89. The first-order chi connectivity index (χ1) is 10.4. The first kappa shape index (κ1) is 15.0. The molecule has 1 saturated heterocycles. The van der Waals surface area contributed by atoms with E-state index in [1.807, 2.05) is 0 Å². The highest BCUT2D eigenvalue weighted by Gasteiger charge is 2.26. The number of rotatable bonds is 2. The van der Waals surface area contributed by atoms with Crippen molar-refractivity contribution in [3.05, 3.63) is 39.0 Å². The Labute approximate surface area is 127 Å². The second-order valence-corrected chi connectivity index (χ2v) is 7.40. The molecular weight excluding hydrogens is 306 g/mol. The number of hydrogen-bond donors (Lipinski definition) is 1. The van der Waals surface area contributed by atoms with E-state index < -0.39 is 21.3 Å². The van der Waals surface area contributed by atoms with E-state index in [-0.39, 0.29) is 10.3 Å². The number of aromatic nitrogens is 2. The minimum absolute atomic E-state index is 0.0889. The van der Waals surface area contributed by atoms with E-state index in [4.69, 9.17) is 0 Å². The summed E-state index contributed by atoms with van der Waals surface area (Å²) in [4.78, 5) is 26.3. The van der Waals surface area contributed by atoms with Gasteiger partial charge < -0.3 is 4.98 Å². The van der Waals surface area contributed by atoms with E-state index in [1.54, 1.807) is 0 Å². The normalized spacial score (nSPS) is 17.0. The van der Waals surface area contributed by atoms with Crippen molar-refractivity contribution in [2.75, 3.05) is 13.1 Å². The van der Waals surface area contributed by atoms with Crippen LogP contribution in [0.3, 0.4) is 0 Å². The van der Waals surface area contributed by atoms with Crippen LogP contribution in [0.1, 0.15) is 19.3 Å². The van der Waals surface area contributed by atoms with Crippen LogP contribution in [-0.2, 0) is 17.1 Å². The van der Waals surface area contributed by atoms with E-state index in [9.17, 15) is 18.0 Å². The highest BCUT2D eigenvalue weighted by atomic mass is 32.2. The van der Waals surface area contributed by atoms with Crippen LogP contribution < -0.4 is 11.2 Å². The molecule has 0 aliphatic carbocycles. The molecule has 0 bridgehead atoms. The number of sulfonamides is 1. The molecule has 0 unspecified atom stereocenters. The van der Waals surface area contributed by atoms with Crippen molar-refractivity contribution in [1.82, 2.24) is 13.9 Å². The molecule has 22 heavy (non-hydrogen) atoms. The van der Waals surface area contributed by atoms with E-state index in [0.717, 1.165) is 23.8 Å². The Bertz CT molecular complexity index is 937. The quantitative estimate of drug-likeness (QED) is 0.866. The summed E-state index contributed by atoms with van der Waals surface area (Å²) in [5.74, 6) is 0. The molecule has 0 radical (unpaired) electrons. The number of H-pyrrole nitrogens is 1. The van der Waals surface area contributed by atoms with Gasteiger partial charge in [-0.15, -0.1) is 0 Å². The zero-order valence-electron chi connectivity index (χ0n) is 12.2. The van der Waals surface area contributed by atoms with Gasteiger partial charge >= 0.3 is 5.69 Å². The van der Waals surface area contributed by atoms with Gasteiger partial charge in [0.15, 0.2) is 0 Å². The smallest absolute Gasteiger partial charge is 0.307 e. The molecule has 1 aromatic heterocycles. The first-order valence-corrected chi connectivity index (χ1v) is 8.58. The van der Waals surface area contributed by atoms with Crippen LogP contribution in [0.4, 0.5) is 0 Å². The lowest BCUT2D eigenvalue weighted by molar-refractivity contribution is 0.346. The minimum Gasteiger partial charge on any atom is -0.307 e. The van der Waals surface area contributed by atoms with Crippen molar-refractivity contribution in [2.45, 2.75) is 24.2 Å². The second-order valence-electron chi connectivity index (χ2n) is 5.47. The average Bonchev–Trinajstić information content (AvgIpc) is 2.53. The van der Waals surface area contributed by atoms with Gasteiger partial charge in [0.2, 0.25) is 10.0 Å². The molecule has 0 atom stereocenters. The van der Waals surface area contributed by atoms with Crippen molar-refractivity contribution < 1.29 is 8.42 Å². The Kier molecular flexibility index (Phi) is 3.65. The molecule has 1 aliphatic heterocycles. The molecule has 0 saturated carbocycles. The summed E-state index contributed by atoms with van der Waals surface area (Å²) in [5.41, 5.74) is -0.690. The zero-order chi connectivity index (χ0) is 15.9. The molecule has 118 valence electrons. The Morgan fingerprint density at radius 2 is 1.77 bits per heavy atom. The van der Waals surface area contributed by atoms with Crippen molar-refractivity contribution in [2.24, 2.45) is 7.05 Å². The third-order valence-electron chi connectivity index (χ3n) is 4.03. The van der Waals surface area contributed by atoms with Crippen molar-refractivity contribution in [3.63, 3.8) is 0 Å². The molecule has 1 N–H and O–H groups in total. The topological polar surface area (TPSA) is 92.2 Å². The van der Waals surface area contributed by atoms with Crippen LogP contribution in [0.2, 0.25) is 0 Å². The van der Waals surface area contributed by atoms with Gasteiger partial charge in [-0.3, -0.25) is 9.36 Å². The van der Waals surface area contributed by atoms with E-state index >= 15 is 0 Å². The average molecular weight is 323 g/mol. The van der Waals surface area contributed by atoms with E-state index in [2.05, 4.69) is 4.98 Å². The van der Waals surface area contributed by atoms with E-state index in [0.29, 0.717) is 18.6 Å². The second kappa shape index (κ2) is 5.36. The standard InChI is InChI=1S/C14H17N3O4S/c1-16-13(18)11-9-10(5-6-12(11)15-14(16)19)22(20,21)17-7-3-2-4-8-17/h5-6,9H,2-4,7-8H2,1H3,(H,15,19). The zero-order valence-corrected chi connectivity index (χ0v) is 13.0. The maximum absolute atomic E-state index is 12.6. The first-order valence-electron chi connectivity index (χ1n) is 7.14. The van der Waals surface area contributed by atoms with Crippen LogP contribution in [0, 0.1) is 0 Å². The van der Waals surface area contributed by atoms with Gasteiger partial charge in [0.25, 0.3) is 5.56 Å². The molecule has 2 heterocycles. The van der Waals surface area contributed by atoms with Crippen LogP contribution >= 0.6 is 0 Å². The minimum atomic E-state index is -3.60. The lowest BCUT2D eigenvalue weighted by Crippen LogP contribution is -2.36. The number of nitrogens with zero attached hydrogens (tertiary/aromatic N) is 2. The fourth-order valence-corrected chi connectivity index (χ4v) is 4.24. The van der Waals surface area contributed by atoms with Gasteiger partial charge in [0.1, 0.15) is 0 Å². The Hall–Kier alpha value is -1.93. The molecule has 1 aromatic carbocycles. The summed E-state index contributed by atoms with van der Waals surface area (Å²) in [6.45, 7) is 1.01. The predicted molar refractivity (Wildman–Crippen MR) is 82.4 cm³/mol. The molecule has 2 aromatic rings. The predicted octanol–water partition coefficient (Wildman–Crippen LogP) is 0.401. The lowest BCUT2D eigenvalue weighted by Gasteiger charge is -2.25. The summed E-state index contributed by atoms with van der Waals surface area (Å²) in [5, 5.41) is 0.195. The molecule has 0 spiro atoms. The number of hydrogen-bond acceptors (Lipinski definition) is 4. The van der Waals surface area contributed by atoms with Crippen molar-refractivity contribution in [3.8, 4) is 0 Å². The Balaban J connectivity index is 2.16. The summed E-state index contributed by atoms with van der Waals surface area (Å²) in [6, 6.07) is 4.24. The number of aromatic amines is 1. The molecule has 3 rings (SSSR count). The number of fused-ring (bicyclic) bond motifs is 1. The van der Waals surface area contributed by atoms with Crippen LogP contribution in [-0.4, -0.2) is 35.4 Å². The number of nitrogens with one attached hydrogen (secondary N) is 1. The fourth-order valence-electron chi connectivity index (χ4n) is 2.70. The van der Waals surface area contributed by atoms with Gasteiger partial charge in [-0.2, -0.15) is 4.31 Å². The van der Waals surface area contributed by atoms with Gasteiger partial charge in [-0.1, -0.05) is 6.42 Å². The van der Waals surface area contributed by atoms with Crippen molar-refractivity contribution in [1.29, 1.82) is 0 Å². The van der Waals surface area contributed by atoms with Crippen molar-refractivity contribution >= 4 is 20.9 Å². The highest BCUT2D eigenvalue weighted by Crippen LogP contribution is 2.22. The number of benzene rings is 1. The Morgan fingerprint density at radius 3 is 2.45 bits per heavy atom. The van der Waals surface area contributed by atoms with Gasteiger partial charge in [0.05, 0.1) is 15.8 Å². The van der Waals surface area contributed by atoms with Crippen LogP contribution in [0.5, 0.6) is 0 Å².